The summed E-state index contributed by atoms with van der Waals surface area (Å²) in [5, 5.41) is 0. The number of pyridine rings is 3. The molecule has 4 aromatic rings. The Bertz CT molecular complexity index is 1030. The summed E-state index contributed by atoms with van der Waals surface area (Å²) in [4.78, 5) is 17.3. The van der Waals surface area contributed by atoms with E-state index in [1.54, 1.807) is 17.5 Å². The van der Waals surface area contributed by atoms with E-state index in [2.05, 4.69) is 51.3 Å². The first-order valence-corrected chi connectivity index (χ1v) is 9.71. The van der Waals surface area contributed by atoms with Gasteiger partial charge in [0.05, 0.1) is 15.9 Å². The quantitative estimate of drug-likeness (QED) is 0.516. The first-order chi connectivity index (χ1) is 12.9. The van der Waals surface area contributed by atoms with Gasteiger partial charge in [-0.1, -0.05) is 6.07 Å². The standard InChI is InChI=1S/C21H18N4S/c1-2-11-25(10-1)21-8-5-15(14-23-21)17-6-7-19-18(24-17)12-20(26-19)16-4-3-9-22-13-16/h3-9,12-14H,1-2,10-11H2. The Hall–Kier alpha value is -2.79. The molecule has 5 heteroatoms. The third kappa shape index (κ3) is 2.84. The van der Waals surface area contributed by atoms with Crippen LogP contribution in [0.3, 0.4) is 0 Å². The van der Waals surface area contributed by atoms with Gasteiger partial charge < -0.3 is 4.90 Å². The smallest absolute Gasteiger partial charge is 0.128 e. The van der Waals surface area contributed by atoms with Crippen molar-refractivity contribution in [2.24, 2.45) is 0 Å². The summed E-state index contributed by atoms with van der Waals surface area (Å²) < 4.78 is 1.19. The van der Waals surface area contributed by atoms with Gasteiger partial charge in [-0.05, 0) is 49.2 Å². The Labute approximate surface area is 156 Å². The molecule has 1 aliphatic heterocycles. The molecule has 0 spiro atoms. The number of fused-ring (bicyclic) bond motifs is 1. The SMILES string of the molecule is c1cncc(-c2cc3nc(-c4ccc(N5CCCC5)nc4)ccc3s2)c1. The molecule has 0 N–H and O–H groups in total. The lowest BCUT2D eigenvalue weighted by atomic mass is 10.2. The van der Waals surface area contributed by atoms with Crippen LogP contribution in [0.5, 0.6) is 0 Å². The highest BCUT2D eigenvalue weighted by Gasteiger charge is 2.13. The lowest BCUT2D eigenvalue weighted by Gasteiger charge is -2.16. The van der Waals surface area contributed by atoms with Gasteiger partial charge in [0.25, 0.3) is 0 Å². The fourth-order valence-corrected chi connectivity index (χ4v) is 4.40. The summed E-state index contributed by atoms with van der Waals surface area (Å²) in [5.41, 5.74) is 4.18. The monoisotopic (exact) mass is 358 g/mol. The number of anilines is 1. The third-order valence-corrected chi connectivity index (χ3v) is 5.93. The van der Waals surface area contributed by atoms with Crippen molar-refractivity contribution in [3.63, 3.8) is 0 Å². The normalized spacial score (nSPS) is 14.2. The van der Waals surface area contributed by atoms with Crippen molar-refractivity contribution < 1.29 is 0 Å². The van der Waals surface area contributed by atoms with Gasteiger partial charge in [-0.2, -0.15) is 0 Å². The minimum absolute atomic E-state index is 0.966. The minimum Gasteiger partial charge on any atom is -0.357 e. The Morgan fingerprint density at radius 2 is 1.85 bits per heavy atom. The van der Waals surface area contributed by atoms with Crippen LogP contribution < -0.4 is 4.90 Å². The zero-order chi connectivity index (χ0) is 17.3. The van der Waals surface area contributed by atoms with Crippen LogP contribution in [0.2, 0.25) is 0 Å². The molecule has 0 radical (unpaired) electrons. The van der Waals surface area contributed by atoms with Crippen molar-refractivity contribution in [3.8, 4) is 21.7 Å². The van der Waals surface area contributed by atoms with Crippen LogP contribution in [0, 0.1) is 0 Å². The van der Waals surface area contributed by atoms with Gasteiger partial charge in [0.15, 0.2) is 0 Å². The van der Waals surface area contributed by atoms with Crippen LogP contribution in [-0.2, 0) is 0 Å². The van der Waals surface area contributed by atoms with Crippen LogP contribution >= 0.6 is 11.3 Å². The van der Waals surface area contributed by atoms with Gasteiger partial charge >= 0.3 is 0 Å². The summed E-state index contributed by atoms with van der Waals surface area (Å²) in [6, 6.07) is 14.7. The topological polar surface area (TPSA) is 41.9 Å². The highest BCUT2D eigenvalue weighted by Crippen LogP contribution is 2.33. The second kappa shape index (κ2) is 6.50. The van der Waals surface area contributed by atoms with Crippen LogP contribution in [0.4, 0.5) is 5.82 Å². The van der Waals surface area contributed by atoms with E-state index in [9.17, 15) is 0 Å². The van der Waals surface area contributed by atoms with Gasteiger partial charge in [0, 0.05) is 47.7 Å². The fourth-order valence-electron chi connectivity index (χ4n) is 3.41. The number of hydrogen-bond donors (Lipinski definition) is 0. The van der Waals surface area contributed by atoms with Crippen LogP contribution in [-0.4, -0.2) is 28.0 Å². The molecule has 0 aromatic carbocycles. The molecule has 1 saturated heterocycles. The highest BCUT2D eigenvalue weighted by molar-refractivity contribution is 7.22. The van der Waals surface area contributed by atoms with E-state index in [1.807, 2.05) is 18.5 Å². The molecule has 0 bridgehead atoms. The van der Waals surface area contributed by atoms with Gasteiger partial charge in [0.1, 0.15) is 5.82 Å². The predicted octanol–water partition coefficient (Wildman–Crippen LogP) is 5.02. The lowest BCUT2D eigenvalue weighted by molar-refractivity contribution is 0.938. The van der Waals surface area contributed by atoms with Gasteiger partial charge in [-0.3, -0.25) is 4.98 Å². The van der Waals surface area contributed by atoms with Crippen LogP contribution in [0.15, 0.2) is 61.1 Å². The van der Waals surface area contributed by atoms with E-state index in [0.717, 1.165) is 41.2 Å². The summed E-state index contributed by atoms with van der Waals surface area (Å²) in [6.45, 7) is 2.23. The van der Waals surface area contributed by atoms with Crippen LogP contribution in [0.25, 0.3) is 31.9 Å². The molecule has 0 aliphatic carbocycles. The van der Waals surface area contributed by atoms with Crippen molar-refractivity contribution >= 4 is 27.4 Å². The van der Waals surface area contributed by atoms with E-state index in [1.165, 1.54) is 22.4 Å². The number of nitrogens with zero attached hydrogens (tertiary/aromatic N) is 4. The van der Waals surface area contributed by atoms with Gasteiger partial charge in [-0.15, -0.1) is 11.3 Å². The van der Waals surface area contributed by atoms with Crippen molar-refractivity contribution in [1.82, 2.24) is 15.0 Å². The van der Waals surface area contributed by atoms with Crippen molar-refractivity contribution in [3.05, 3.63) is 61.1 Å². The highest BCUT2D eigenvalue weighted by atomic mass is 32.1. The largest absolute Gasteiger partial charge is 0.357 e. The summed E-state index contributed by atoms with van der Waals surface area (Å²) in [5.74, 6) is 1.07. The molecule has 5 rings (SSSR count). The lowest BCUT2D eigenvalue weighted by Crippen LogP contribution is -2.18. The predicted molar refractivity (Wildman–Crippen MR) is 108 cm³/mol. The summed E-state index contributed by atoms with van der Waals surface area (Å²) >= 11 is 1.75. The molecule has 26 heavy (non-hydrogen) atoms. The number of hydrogen-bond acceptors (Lipinski definition) is 5. The Morgan fingerprint density at radius 1 is 0.923 bits per heavy atom. The molecule has 5 heterocycles. The Balaban J connectivity index is 1.47. The summed E-state index contributed by atoms with van der Waals surface area (Å²) in [6.07, 6.45) is 8.16. The zero-order valence-electron chi connectivity index (χ0n) is 14.3. The first kappa shape index (κ1) is 15.5. The van der Waals surface area contributed by atoms with E-state index in [0.29, 0.717) is 0 Å². The average molecular weight is 358 g/mol. The molecule has 128 valence electrons. The fraction of sp³-hybridized carbons (Fsp3) is 0.190. The van der Waals surface area contributed by atoms with E-state index in [-0.39, 0.29) is 0 Å². The Morgan fingerprint density at radius 3 is 2.62 bits per heavy atom. The molecule has 4 nitrogen and oxygen atoms in total. The number of rotatable bonds is 3. The van der Waals surface area contributed by atoms with Crippen molar-refractivity contribution in [2.75, 3.05) is 18.0 Å². The molecular formula is C21H18N4S. The minimum atomic E-state index is 0.966. The molecule has 4 aromatic heterocycles. The molecule has 1 aliphatic rings. The van der Waals surface area contributed by atoms with Crippen LogP contribution in [0.1, 0.15) is 12.8 Å². The molecule has 0 saturated carbocycles. The maximum absolute atomic E-state index is 4.86. The van der Waals surface area contributed by atoms with Crippen molar-refractivity contribution in [2.45, 2.75) is 12.8 Å². The second-order valence-corrected chi connectivity index (χ2v) is 7.62. The molecule has 0 atom stereocenters. The zero-order valence-corrected chi connectivity index (χ0v) is 15.1. The molecule has 0 unspecified atom stereocenters. The second-order valence-electron chi connectivity index (χ2n) is 6.53. The van der Waals surface area contributed by atoms with E-state index < -0.39 is 0 Å². The maximum atomic E-state index is 4.86. The molecule has 0 amide bonds. The average Bonchev–Trinajstić information content (AvgIpc) is 3.38. The maximum Gasteiger partial charge on any atom is 0.128 e. The van der Waals surface area contributed by atoms with Gasteiger partial charge in [0.2, 0.25) is 0 Å². The van der Waals surface area contributed by atoms with Crippen molar-refractivity contribution in [1.29, 1.82) is 0 Å². The Kier molecular flexibility index (Phi) is 3.87. The van der Waals surface area contributed by atoms with E-state index in [4.69, 9.17) is 4.98 Å². The van der Waals surface area contributed by atoms with E-state index >= 15 is 0 Å². The van der Waals surface area contributed by atoms with Gasteiger partial charge in [-0.25, -0.2) is 9.97 Å². The summed E-state index contributed by atoms with van der Waals surface area (Å²) in [7, 11) is 0. The number of aromatic nitrogens is 3. The molecular weight excluding hydrogens is 340 g/mol. The third-order valence-electron chi connectivity index (χ3n) is 4.79. The number of thiophene rings is 1. The first-order valence-electron chi connectivity index (χ1n) is 8.89. The molecule has 1 fully saturated rings.